The minimum atomic E-state index is -0.265. The van der Waals surface area contributed by atoms with Crippen LogP contribution in [0.4, 0.5) is 0 Å². The topological polar surface area (TPSA) is 55.1 Å². The number of fused-ring (bicyclic) bond motifs is 1. The Balaban J connectivity index is 1.96. The lowest BCUT2D eigenvalue weighted by atomic mass is 9.87. The Labute approximate surface area is 143 Å². The van der Waals surface area contributed by atoms with Crippen molar-refractivity contribution in [2.45, 2.75) is 44.6 Å². The van der Waals surface area contributed by atoms with Gasteiger partial charge in [0.1, 0.15) is 5.60 Å². The van der Waals surface area contributed by atoms with Crippen LogP contribution in [0.3, 0.4) is 0 Å². The molecule has 0 N–H and O–H groups in total. The molecule has 1 unspecified atom stereocenters. The van der Waals surface area contributed by atoms with E-state index in [1.165, 1.54) is 0 Å². The van der Waals surface area contributed by atoms with Crippen LogP contribution >= 0.6 is 0 Å². The third-order valence-electron chi connectivity index (χ3n) is 4.52. The first kappa shape index (κ1) is 16.3. The molecule has 2 heterocycles. The maximum absolute atomic E-state index is 9.58. The molecular weight excluding hydrogens is 300 g/mol. The average Bonchev–Trinajstić information content (AvgIpc) is 2.59. The summed E-state index contributed by atoms with van der Waals surface area (Å²) in [5.41, 5.74) is 2.90. The Morgan fingerprint density at radius 2 is 2.17 bits per heavy atom. The van der Waals surface area contributed by atoms with Crippen LogP contribution in [0.15, 0.2) is 36.5 Å². The van der Waals surface area contributed by atoms with E-state index >= 15 is 0 Å². The highest BCUT2D eigenvalue weighted by Crippen LogP contribution is 2.42. The Kier molecular flexibility index (Phi) is 4.44. The highest BCUT2D eigenvalue weighted by atomic mass is 16.5. The zero-order valence-electron chi connectivity index (χ0n) is 14.4. The second-order valence-corrected chi connectivity index (χ2v) is 6.74. The molecule has 1 aliphatic rings. The normalized spacial score (nSPS) is 16.4. The molecule has 0 amide bonds. The molecule has 0 radical (unpaired) electrons. The molecule has 3 rings (SSSR count). The molecule has 124 valence electrons. The third kappa shape index (κ3) is 3.21. The van der Waals surface area contributed by atoms with Crippen molar-refractivity contribution in [1.29, 1.82) is 5.26 Å². The number of nitrogens with zero attached hydrogens (tertiary/aromatic N) is 2. The van der Waals surface area contributed by atoms with E-state index in [4.69, 9.17) is 9.47 Å². The molecule has 4 heteroatoms. The molecule has 0 saturated heterocycles. The predicted octanol–water partition coefficient (Wildman–Crippen LogP) is 4.04. The van der Waals surface area contributed by atoms with Crippen molar-refractivity contribution in [3.8, 4) is 17.6 Å². The summed E-state index contributed by atoms with van der Waals surface area (Å²) in [6.07, 6.45) is 4.23. The van der Waals surface area contributed by atoms with Gasteiger partial charge in [0.15, 0.2) is 11.5 Å². The molecule has 1 aromatic heterocycles. The van der Waals surface area contributed by atoms with E-state index in [9.17, 15) is 5.26 Å². The van der Waals surface area contributed by atoms with Crippen molar-refractivity contribution in [1.82, 2.24) is 4.98 Å². The lowest BCUT2D eigenvalue weighted by molar-refractivity contribution is 0.0801. The Bertz CT molecular complexity index is 763. The molecular formula is C20H22N2O2. The Hall–Kier alpha value is -2.54. The second-order valence-electron chi connectivity index (χ2n) is 6.74. The summed E-state index contributed by atoms with van der Waals surface area (Å²) in [6.45, 7) is 4.18. The molecule has 0 spiro atoms. The largest absolute Gasteiger partial charge is 0.493 e. The Morgan fingerprint density at radius 1 is 1.33 bits per heavy atom. The first-order chi connectivity index (χ1) is 11.5. The average molecular weight is 322 g/mol. The van der Waals surface area contributed by atoms with E-state index in [1.54, 1.807) is 13.3 Å². The van der Waals surface area contributed by atoms with Gasteiger partial charge >= 0.3 is 0 Å². The van der Waals surface area contributed by atoms with Crippen molar-refractivity contribution in [3.63, 3.8) is 0 Å². The fourth-order valence-corrected chi connectivity index (χ4v) is 3.16. The molecule has 1 aliphatic heterocycles. The molecule has 2 aromatic rings. The van der Waals surface area contributed by atoms with Crippen molar-refractivity contribution in [2.24, 2.45) is 0 Å². The molecule has 1 aromatic carbocycles. The van der Waals surface area contributed by atoms with Crippen molar-refractivity contribution < 1.29 is 9.47 Å². The van der Waals surface area contributed by atoms with E-state index in [0.29, 0.717) is 6.42 Å². The van der Waals surface area contributed by atoms with Gasteiger partial charge in [-0.3, -0.25) is 4.98 Å². The van der Waals surface area contributed by atoms with Gasteiger partial charge in [-0.15, -0.1) is 0 Å². The lowest BCUT2D eigenvalue weighted by Crippen LogP contribution is -2.33. The molecule has 1 atom stereocenters. The van der Waals surface area contributed by atoms with E-state index in [0.717, 1.165) is 41.2 Å². The van der Waals surface area contributed by atoms with Crippen LogP contribution in [0, 0.1) is 11.3 Å². The van der Waals surface area contributed by atoms with Gasteiger partial charge in [0, 0.05) is 11.8 Å². The predicted molar refractivity (Wildman–Crippen MR) is 92.3 cm³/mol. The van der Waals surface area contributed by atoms with Crippen LogP contribution in [-0.2, 0) is 12.8 Å². The maximum atomic E-state index is 9.58. The first-order valence-electron chi connectivity index (χ1n) is 8.22. The number of hydrogen-bond donors (Lipinski definition) is 0. The lowest BCUT2D eigenvalue weighted by Gasteiger charge is -2.34. The molecule has 0 aliphatic carbocycles. The zero-order valence-corrected chi connectivity index (χ0v) is 14.4. The molecule has 24 heavy (non-hydrogen) atoms. The number of ether oxygens (including phenoxy) is 2. The van der Waals surface area contributed by atoms with Gasteiger partial charge in [-0.25, -0.2) is 0 Å². The van der Waals surface area contributed by atoms with E-state index in [1.807, 2.05) is 30.3 Å². The molecule has 0 saturated carbocycles. The van der Waals surface area contributed by atoms with Gasteiger partial charge < -0.3 is 9.47 Å². The van der Waals surface area contributed by atoms with Gasteiger partial charge in [-0.05, 0) is 56.9 Å². The van der Waals surface area contributed by atoms with Gasteiger partial charge in [0.25, 0.3) is 0 Å². The van der Waals surface area contributed by atoms with Gasteiger partial charge in [0.2, 0.25) is 0 Å². The van der Waals surface area contributed by atoms with Crippen molar-refractivity contribution in [2.75, 3.05) is 7.11 Å². The summed E-state index contributed by atoms with van der Waals surface area (Å²) < 4.78 is 11.7. The van der Waals surface area contributed by atoms with Gasteiger partial charge in [-0.2, -0.15) is 5.26 Å². The summed E-state index contributed by atoms with van der Waals surface area (Å²) >= 11 is 0. The van der Waals surface area contributed by atoms with Crippen LogP contribution < -0.4 is 9.47 Å². The smallest absolute Gasteiger partial charge is 0.165 e. The van der Waals surface area contributed by atoms with Crippen LogP contribution in [0.5, 0.6) is 11.5 Å². The maximum Gasteiger partial charge on any atom is 0.165 e. The monoisotopic (exact) mass is 322 g/mol. The number of benzene rings is 1. The highest BCUT2D eigenvalue weighted by molar-refractivity contribution is 5.53. The zero-order chi connectivity index (χ0) is 17.2. The summed E-state index contributed by atoms with van der Waals surface area (Å²) in [7, 11) is 1.66. The van der Waals surface area contributed by atoms with Crippen LogP contribution in [-0.4, -0.2) is 17.7 Å². The van der Waals surface area contributed by atoms with Crippen molar-refractivity contribution >= 4 is 0 Å². The summed E-state index contributed by atoms with van der Waals surface area (Å²) in [5.74, 6) is 1.32. The van der Waals surface area contributed by atoms with Gasteiger partial charge in [-0.1, -0.05) is 12.1 Å². The standard InChI is InChI=1S/C20H22N2O2/c1-20(2)10-9-16-14(7-8-18(23-3)19(16)24-20)12-15(13-21)17-6-4-5-11-22-17/h4-8,11,15H,9-10,12H2,1-3H3. The van der Waals surface area contributed by atoms with Crippen LogP contribution in [0.2, 0.25) is 0 Å². The molecule has 0 bridgehead atoms. The fourth-order valence-electron chi connectivity index (χ4n) is 3.16. The summed E-state index contributed by atoms with van der Waals surface area (Å²) in [6, 6.07) is 12.1. The second kappa shape index (κ2) is 6.52. The van der Waals surface area contributed by atoms with E-state index in [-0.39, 0.29) is 11.5 Å². The SMILES string of the molecule is COc1ccc(CC(C#N)c2ccccn2)c2c1OC(C)(C)CC2. The number of hydrogen-bond acceptors (Lipinski definition) is 4. The van der Waals surface area contributed by atoms with Crippen LogP contribution in [0.1, 0.15) is 43.0 Å². The minimum Gasteiger partial charge on any atom is -0.493 e. The first-order valence-corrected chi connectivity index (χ1v) is 8.22. The number of pyridine rings is 1. The van der Waals surface area contributed by atoms with E-state index < -0.39 is 0 Å². The van der Waals surface area contributed by atoms with Gasteiger partial charge in [0.05, 0.1) is 24.8 Å². The molecule has 4 nitrogen and oxygen atoms in total. The third-order valence-corrected chi connectivity index (χ3v) is 4.52. The number of nitriles is 1. The van der Waals surface area contributed by atoms with E-state index in [2.05, 4.69) is 24.9 Å². The molecule has 0 fully saturated rings. The van der Waals surface area contributed by atoms with Crippen molar-refractivity contribution in [3.05, 3.63) is 53.3 Å². The van der Waals surface area contributed by atoms with Crippen LogP contribution in [0.25, 0.3) is 0 Å². The minimum absolute atomic E-state index is 0.200. The summed E-state index contributed by atoms with van der Waals surface area (Å²) in [5, 5.41) is 9.58. The number of methoxy groups -OCH3 is 1. The summed E-state index contributed by atoms with van der Waals surface area (Å²) in [4.78, 5) is 4.34. The quantitative estimate of drug-likeness (QED) is 0.852. The Morgan fingerprint density at radius 3 is 2.83 bits per heavy atom. The number of rotatable bonds is 4. The number of aromatic nitrogens is 1. The fraction of sp³-hybridized carbons (Fsp3) is 0.400. The highest BCUT2D eigenvalue weighted by Gasteiger charge is 2.31.